The number of nitrogens with one attached hydrogen (secondary N) is 1. The van der Waals surface area contributed by atoms with E-state index >= 15 is 0 Å². The summed E-state index contributed by atoms with van der Waals surface area (Å²) in [5, 5.41) is 11.9. The van der Waals surface area contributed by atoms with Crippen LogP contribution in [-0.4, -0.2) is 18.0 Å². The normalized spacial score (nSPS) is 11.7. The number of hydrogen-bond acceptors (Lipinski definition) is 2. The van der Waals surface area contributed by atoms with Gasteiger partial charge in [-0.25, -0.2) is 4.79 Å². The van der Waals surface area contributed by atoms with Gasteiger partial charge in [0.2, 0.25) is 0 Å². The fraction of sp³-hybridized carbons (Fsp3) is 0.364. The fourth-order valence-electron chi connectivity index (χ4n) is 2.82. The van der Waals surface area contributed by atoms with E-state index in [0.717, 1.165) is 17.5 Å². The standard InChI is InChI=1S/C22H27N3O/c1-16(2)13-18-9-11-21(12-10-18)17(3)24-22(26)25(4)15-20-7-5-19(14-23)6-8-20/h5-12,16-17H,13,15H2,1-4H3,(H,24,26). The van der Waals surface area contributed by atoms with Gasteiger partial charge in [-0.1, -0.05) is 50.2 Å². The zero-order chi connectivity index (χ0) is 19.1. The van der Waals surface area contributed by atoms with Gasteiger partial charge in [0.15, 0.2) is 0 Å². The molecule has 4 nitrogen and oxygen atoms in total. The molecule has 0 aliphatic rings. The summed E-state index contributed by atoms with van der Waals surface area (Å²) in [6.45, 7) is 6.91. The minimum atomic E-state index is -0.117. The van der Waals surface area contributed by atoms with Crippen molar-refractivity contribution >= 4 is 6.03 Å². The van der Waals surface area contributed by atoms with Crippen LogP contribution in [0.1, 0.15) is 49.1 Å². The molecule has 26 heavy (non-hydrogen) atoms. The highest BCUT2D eigenvalue weighted by molar-refractivity contribution is 5.74. The Bertz CT molecular complexity index is 757. The molecule has 0 aromatic heterocycles. The lowest BCUT2D eigenvalue weighted by Crippen LogP contribution is -2.38. The van der Waals surface area contributed by atoms with E-state index in [1.54, 1.807) is 24.1 Å². The van der Waals surface area contributed by atoms with Crippen molar-refractivity contribution in [2.45, 2.75) is 39.8 Å². The average molecular weight is 349 g/mol. The molecule has 0 saturated carbocycles. The molecule has 1 unspecified atom stereocenters. The van der Waals surface area contributed by atoms with Gasteiger partial charge in [0.05, 0.1) is 17.7 Å². The second kappa shape index (κ2) is 9.05. The van der Waals surface area contributed by atoms with Gasteiger partial charge in [0.1, 0.15) is 0 Å². The molecule has 2 rings (SSSR count). The predicted molar refractivity (Wildman–Crippen MR) is 105 cm³/mol. The van der Waals surface area contributed by atoms with Crippen LogP contribution in [0.3, 0.4) is 0 Å². The van der Waals surface area contributed by atoms with Crippen LogP contribution >= 0.6 is 0 Å². The molecule has 0 radical (unpaired) electrons. The van der Waals surface area contributed by atoms with E-state index in [1.165, 1.54) is 5.56 Å². The second-order valence-corrected chi connectivity index (χ2v) is 7.18. The molecule has 2 amide bonds. The van der Waals surface area contributed by atoms with Crippen molar-refractivity contribution in [1.29, 1.82) is 5.26 Å². The minimum absolute atomic E-state index is 0.0565. The number of nitriles is 1. The molecular formula is C22H27N3O. The summed E-state index contributed by atoms with van der Waals surface area (Å²) in [6.07, 6.45) is 1.06. The Hall–Kier alpha value is -2.80. The molecule has 1 atom stereocenters. The van der Waals surface area contributed by atoms with E-state index in [1.807, 2.05) is 19.1 Å². The molecule has 2 aromatic rings. The summed E-state index contributed by atoms with van der Waals surface area (Å²) in [4.78, 5) is 14.1. The lowest BCUT2D eigenvalue weighted by Gasteiger charge is -2.22. The highest BCUT2D eigenvalue weighted by Crippen LogP contribution is 2.16. The molecule has 2 aromatic carbocycles. The van der Waals surface area contributed by atoms with Crippen LogP contribution in [-0.2, 0) is 13.0 Å². The Kier molecular flexibility index (Phi) is 6.80. The first-order chi connectivity index (χ1) is 12.4. The summed E-state index contributed by atoms with van der Waals surface area (Å²) in [5.74, 6) is 0.633. The highest BCUT2D eigenvalue weighted by Gasteiger charge is 2.14. The topological polar surface area (TPSA) is 56.1 Å². The quantitative estimate of drug-likeness (QED) is 0.824. The van der Waals surface area contributed by atoms with Gasteiger partial charge in [-0.2, -0.15) is 5.26 Å². The maximum Gasteiger partial charge on any atom is 0.317 e. The molecule has 4 heteroatoms. The van der Waals surface area contributed by atoms with Crippen LogP contribution in [0.5, 0.6) is 0 Å². The molecule has 0 aliphatic carbocycles. The van der Waals surface area contributed by atoms with Gasteiger partial charge < -0.3 is 10.2 Å². The highest BCUT2D eigenvalue weighted by atomic mass is 16.2. The fourth-order valence-corrected chi connectivity index (χ4v) is 2.82. The lowest BCUT2D eigenvalue weighted by molar-refractivity contribution is 0.203. The van der Waals surface area contributed by atoms with Gasteiger partial charge in [-0.3, -0.25) is 0 Å². The summed E-state index contributed by atoms with van der Waals surface area (Å²) in [7, 11) is 1.77. The Balaban J connectivity index is 1.91. The number of carbonyl (C=O) groups is 1. The second-order valence-electron chi connectivity index (χ2n) is 7.18. The lowest BCUT2D eigenvalue weighted by atomic mass is 10.00. The number of nitrogens with zero attached hydrogens (tertiary/aromatic N) is 2. The van der Waals surface area contributed by atoms with Gasteiger partial charge >= 0.3 is 6.03 Å². The van der Waals surface area contributed by atoms with Crippen molar-refractivity contribution in [2.75, 3.05) is 7.05 Å². The first kappa shape index (κ1) is 19.5. The molecule has 0 fully saturated rings. The third-order valence-corrected chi connectivity index (χ3v) is 4.31. The van der Waals surface area contributed by atoms with Crippen molar-refractivity contribution in [3.05, 3.63) is 70.8 Å². The summed E-state index contributed by atoms with van der Waals surface area (Å²) in [6, 6.07) is 17.7. The summed E-state index contributed by atoms with van der Waals surface area (Å²) >= 11 is 0. The third kappa shape index (κ3) is 5.63. The number of urea groups is 1. The number of rotatable bonds is 6. The Morgan fingerprint density at radius 3 is 2.15 bits per heavy atom. The maximum atomic E-state index is 12.4. The van der Waals surface area contributed by atoms with E-state index < -0.39 is 0 Å². The van der Waals surface area contributed by atoms with Crippen molar-refractivity contribution in [3.63, 3.8) is 0 Å². The zero-order valence-corrected chi connectivity index (χ0v) is 16.0. The third-order valence-electron chi connectivity index (χ3n) is 4.31. The maximum absolute atomic E-state index is 12.4. The van der Waals surface area contributed by atoms with Gasteiger partial charge in [0, 0.05) is 13.6 Å². The number of carbonyl (C=O) groups excluding carboxylic acids is 1. The largest absolute Gasteiger partial charge is 0.331 e. The Labute approximate surface area is 156 Å². The zero-order valence-electron chi connectivity index (χ0n) is 16.0. The van der Waals surface area contributed by atoms with E-state index in [4.69, 9.17) is 5.26 Å². The molecule has 136 valence electrons. The SMILES string of the molecule is CC(C)Cc1ccc(C(C)NC(=O)N(C)Cc2ccc(C#N)cc2)cc1. The minimum Gasteiger partial charge on any atom is -0.331 e. The van der Waals surface area contributed by atoms with Crippen LogP contribution in [0.25, 0.3) is 0 Å². The van der Waals surface area contributed by atoms with Crippen molar-refractivity contribution in [3.8, 4) is 6.07 Å². The number of benzene rings is 2. The molecule has 0 heterocycles. The van der Waals surface area contributed by atoms with Crippen molar-refractivity contribution in [1.82, 2.24) is 10.2 Å². The predicted octanol–water partition coefficient (Wildman–Crippen LogP) is 4.66. The van der Waals surface area contributed by atoms with E-state index in [2.05, 4.69) is 49.5 Å². The number of hydrogen-bond donors (Lipinski definition) is 1. The van der Waals surface area contributed by atoms with E-state index in [-0.39, 0.29) is 12.1 Å². The van der Waals surface area contributed by atoms with Crippen molar-refractivity contribution < 1.29 is 4.79 Å². The average Bonchev–Trinajstić information content (AvgIpc) is 2.62. The van der Waals surface area contributed by atoms with Gasteiger partial charge in [0.25, 0.3) is 0 Å². The molecule has 1 N–H and O–H groups in total. The Morgan fingerprint density at radius 2 is 1.62 bits per heavy atom. The van der Waals surface area contributed by atoms with Crippen LogP contribution in [0, 0.1) is 17.2 Å². The number of amides is 2. The molecule has 0 spiro atoms. The smallest absolute Gasteiger partial charge is 0.317 e. The van der Waals surface area contributed by atoms with Crippen LogP contribution < -0.4 is 5.32 Å². The van der Waals surface area contributed by atoms with Gasteiger partial charge in [-0.15, -0.1) is 0 Å². The van der Waals surface area contributed by atoms with Crippen LogP contribution in [0.4, 0.5) is 4.79 Å². The molecular weight excluding hydrogens is 322 g/mol. The summed E-state index contributed by atoms with van der Waals surface area (Å²) < 4.78 is 0. The molecule has 0 aliphatic heterocycles. The molecule has 0 saturated heterocycles. The van der Waals surface area contributed by atoms with E-state index in [9.17, 15) is 4.79 Å². The monoisotopic (exact) mass is 349 g/mol. The molecule has 0 bridgehead atoms. The Morgan fingerprint density at radius 1 is 1.04 bits per heavy atom. The van der Waals surface area contributed by atoms with Gasteiger partial charge in [-0.05, 0) is 48.1 Å². The van der Waals surface area contributed by atoms with Crippen molar-refractivity contribution in [2.24, 2.45) is 5.92 Å². The first-order valence-corrected chi connectivity index (χ1v) is 8.98. The van der Waals surface area contributed by atoms with Crippen LogP contribution in [0.15, 0.2) is 48.5 Å². The first-order valence-electron chi connectivity index (χ1n) is 8.98. The van der Waals surface area contributed by atoms with E-state index in [0.29, 0.717) is 18.0 Å². The van der Waals surface area contributed by atoms with Crippen LogP contribution in [0.2, 0.25) is 0 Å². The summed E-state index contributed by atoms with van der Waals surface area (Å²) in [5.41, 5.74) is 4.03.